The molecule has 4 nitrogen and oxygen atoms in total. The van der Waals surface area contributed by atoms with E-state index in [4.69, 9.17) is 23.2 Å². The second-order valence-corrected chi connectivity index (χ2v) is 5.09. The van der Waals surface area contributed by atoms with Crippen molar-refractivity contribution < 1.29 is 9.90 Å². The summed E-state index contributed by atoms with van der Waals surface area (Å²) in [7, 11) is 0. The van der Waals surface area contributed by atoms with Gasteiger partial charge in [-0.2, -0.15) is 0 Å². The van der Waals surface area contributed by atoms with Gasteiger partial charge in [-0.1, -0.05) is 29.3 Å². The van der Waals surface area contributed by atoms with Crippen LogP contribution < -0.4 is 0 Å². The van der Waals surface area contributed by atoms with E-state index in [0.29, 0.717) is 26.8 Å². The third-order valence-corrected chi connectivity index (χ3v) is 3.36. The Morgan fingerprint density at radius 3 is 2.50 bits per heavy atom. The van der Waals surface area contributed by atoms with Gasteiger partial charge < -0.3 is 5.11 Å². The van der Waals surface area contributed by atoms with Crippen LogP contribution in [0.25, 0.3) is 16.7 Å². The summed E-state index contributed by atoms with van der Waals surface area (Å²) in [4.78, 5) is 15.5. The Morgan fingerprint density at radius 2 is 1.85 bits per heavy atom. The van der Waals surface area contributed by atoms with Crippen LogP contribution in [0.1, 0.15) is 10.4 Å². The number of benzene rings is 2. The topological polar surface area (TPSA) is 55.1 Å². The molecule has 0 spiro atoms. The van der Waals surface area contributed by atoms with Gasteiger partial charge in [-0.3, -0.25) is 4.57 Å². The second-order valence-electron chi connectivity index (χ2n) is 4.22. The van der Waals surface area contributed by atoms with Gasteiger partial charge in [0.1, 0.15) is 6.33 Å². The van der Waals surface area contributed by atoms with Crippen molar-refractivity contribution >= 4 is 40.2 Å². The first kappa shape index (κ1) is 13.0. The molecule has 2 aromatic carbocycles. The van der Waals surface area contributed by atoms with Crippen molar-refractivity contribution in [2.24, 2.45) is 0 Å². The molecular formula is C14H8Cl2N2O2. The van der Waals surface area contributed by atoms with Gasteiger partial charge in [-0.15, -0.1) is 0 Å². The molecule has 1 N–H and O–H groups in total. The molecule has 0 aliphatic carbocycles. The van der Waals surface area contributed by atoms with E-state index in [1.807, 2.05) is 0 Å². The zero-order valence-corrected chi connectivity index (χ0v) is 11.6. The van der Waals surface area contributed by atoms with Crippen molar-refractivity contribution in [1.82, 2.24) is 9.55 Å². The van der Waals surface area contributed by atoms with Gasteiger partial charge in [0.25, 0.3) is 0 Å². The molecule has 1 heterocycles. The molecule has 0 aliphatic rings. The van der Waals surface area contributed by atoms with Crippen molar-refractivity contribution in [1.29, 1.82) is 0 Å². The first-order chi connectivity index (χ1) is 9.56. The number of halogens is 2. The fraction of sp³-hybridized carbons (Fsp3) is 0. The summed E-state index contributed by atoms with van der Waals surface area (Å²) < 4.78 is 1.66. The molecule has 0 amide bonds. The van der Waals surface area contributed by atoms with Gasteiger partial charge in [0.2, 0.25) is 0 Å². The van der Waals surface area contributed by atoms with Crippen LogP contribution in [-0.2, 0) is 0 Å². The van der Waals surface area contributed by atoms with Crippen LogP contribution in [0.4, 0.5) is 0 Å². The number of rotatable bonds is 2. The average Bonchev–Trinajstić information content (AvgIpc) is 2.80. The van der Waals surface area contributed by atoms with Gasteiger partial charge in [-0.25, -0.2) is 9.78 Å². The minimum absolute atomic E-state index is 0.177. The molecule has 0 aliphatic heterocycles. The quantitative estimate of drug-likeness (QED) is 0.777. The number of hydrogen-bond acceptors (Lipinski definition) is 2. The highest BCUT2D eigenvalue weighted by atomic mass is 35.5. The van der Waals surface area contributed by atoms with Crippen molar-refractivity contribution in [3.8, 4) is 5.69 Å². The van der Waals surface area contributed by atoms with Gasteiger partial charge >= 0.3 is 5.97 Å². The van der Waals surface area contributed by atoms with Gasteiger partial charge in [0.15, 0.2) is 0 Å². The lowest BCUT2D eigenvalue weighted by Crippen LogP contribution is -2.01. The molecular weight excluding hydrogens is 299 g/mol. The smallest absolute Gasteiger partial charge is 0.337 e. The van der Waals surface area contributed by atoms with E-state index >= 15 is 0 Å². The van der Waals surface area contributed by atoms with Crippen molar-refractivity contribution in [3.63, 3.8) is 0 Å². The average molecular weight is 307 g/mol. The SMILES string of the molecule is O=C(O)c1cccc2ncn(-c3cc(Cl)cc(Cl)c3)c12. The summed E-state index contributed by atoms with van der Waals surface area (Å²) in [5.74, 6) is -1.01. The minimum atomic E-state index is -1.01. The molecule has 20 heavy (non-hydrogen) atoms. The Labute approximate surface area is 124 Å². The zero-order valence-electron chi connectivity index (χ0n) is 10.0. The Hall–Kier alpha value is -2.04. The Bertz CT molecular complexity index is 807. The number of carboxylic acids is 1. The molecule has 1 aromatic heterocycles. The molecule has 3 rings (SSSR count). The molecule has 3 aromatic rings. The highest BCUT2D eigenvalue weighted by Crippen LogP contribution is 2.26. The Balaban J connectivity index is 2.34. The highest BCUT2D eigenvalue weighted by Gasteiger charge is 2.14. The number of imidazole rings is 1. The van der Waals surface area contributed by atoms with E-state index in [1.165, 1.54) is 6.07 Å². The fourth-order valence-corrected chi connectivity index (χ4v) is 2.63. The van der Waals surface area contributed by atoms with Crippen LogP contribution in [0.2, 0.25) is 10.0 Å². The number of fused-ring (bicyclic) bond motifs is 1. The largest absolute Gasteiger partial charge is 0.478 e. The number of hydrogen-bond donors (Lipinski definition) is 1. The van der Waals surface area contributed by atoms with E-state index in [-0.39, 0.29) is 5.56 Å². The molecule has 100 valence electrons. The summed E-state index contributed by atoms with van der Waals surface area (Å²) in [6, 6.07) is 9.97. The lowest BCUT2D eigenvalue weighted by molar-refractivity contribution is 0.0698. The Kier molecular flexibility index (Phi) is 3.12. The maximum absolute atomic E-state index is 11.3. The number of carbonyl (C=O) groups is 1. The number of aromatic nitrogens is 2. The fourth-order valence-electron chi connectivity index (χ4n) is 2.11. The molecule has 0 saturated carbocycles. The van der Waals surface area contributed by atoms with E-state index < -0.39 is 5.97 Å². The number of nitrogens with zero attached hydrogens (tertiary/aromatic N) is 2. The summed E-state index contributed by atoms with van der Waals surface area (Å²) in [5.41, 5.74) is 1.95. The maximum Gasteiger partial charge on any atom is 0.337 e. The summed E-state index contributed by atoms with van der Waals surface area (Å²) in [6.45, 7) is 0. The van der Waals surface area contributed by atoms with Crippen LogP contribution in [-0.4, -0.2) is 20.6 Å². The lowest BCUT2D eigenvalue weighted by atomic mass is 10.2. The second kappa shape index (κ2) is 4.81. The lowest BCUT2D eigenvalue weighted by Gasteiger charge is -2.07. The number of carboxylic acid groups (broad SMARTS) is 1. The van der Waals surface area contributed by atoms with Crippen molar-refractivity contribution in [3.05, 3.63) is 58.3 Å². The molecule has 0 atom stereocenters. The summed E-state index contributed by atoms with van der Waals surface area (Å²) in [5, 5.41) is 10.2. The molecule has 0 bridgehead atoms. The molecule has 0 fully saturated rings. The monoisotopic (exact) mass is 306 g/mol. The van der Waals surface area contributed by atoms with Crippen molar-refractivity contribution in [2.75, 3.05) is 0 Å². The van der Waals surface area contributed by atoms with Gasteiger partial charge in [0, 0.05) is 10.0 Å². The van der Waals surface area contributed by atoms with E-state index in [9.17, 15) is 9.90 Å². The van der Waals surface area contributed by atoms with Gasteiger partial charge in [0.05, 0.1) is 22.3 Å². The van der Waals surface area contributed by atoms with E-state index in [1.54, 1.807) is 41.2 Å². The third kappa shape index (κ3) is 2.13. The maximum atomic E-state index is 11.3. The molecule has 0 radical (unpaired) electrons. The molecule has 0 unspecified atom stereocenters. The minimum Gasteiger partial charge on any atom is -0.478 e. The normalized spacial score (nSPS) is 10.9. The van der Waals surface area contributed by atoms with Crippen LogP contribution >= 0.6 is 23.2 Å². The zero-order chi connectivity index (χ0) is 14.3. The number of aromatic carboxylic acids is 1. The highest BCUT2D eigenvalue weighted by molar-refractivity contribution is 6.34. The predicted octanol–water partition coefficient (Wildman–Crippen LogP) is 4.03. The van der Waals surface area contributed by atoms with E-state index in [2.05, 4.69) is 4.98 Å². The van der Waals surface area contributed by atoms with Crippen LogP contribution in [0.15, 0.2) is 42.7 Å². The first-order valence-corrected chi connectivity index (χ1v) is 6.47. The summed E-state index contributed by atoms with van der Waals surface area (Å²) >= 11 is 12.0. The van der Waals surface area contributed by atoms with Crippen LogP contribution in [0.3, 0.4) is 0 Å². The standard InChI is InChI=1S/C14H8Cl2N2O2/c15-8-4-9(16)6-10(5-8)18-7-17-12-3-1-2-11(13(12)18)14(19)20/h1-7H,(H,19,20). The van der Waals surface area contributed by atoms with Crippen LogP contribution in [0.5, 0.6) is 0 Å². The summed E-state index contributed by atoms with van der Waals surface area (Å²) in [6.07, 6.45) is 1.55. The Morgan fingerprint density at radius 1 is 1.15 bits per heavy atom. The van der Waals surface area contributed by atoms with E-state index in [0.717, 1.165) is 0 Å². The third-order valence-electron chi connectivity index (χ3n) is 2.92. The van der Waals surface area contributed by atoms with Gasteiger partial charge in [-0.05, 0) is 30.3 Å². The van der Waals surface area contributed by atoms with Crippen molar-refractivity contribution in [2.45, 2.75) is 0 Å². The first-order valence-electron chi connectivity index (χ1n) is 5.72. The van der Waals surface area contributed by atoms with Crippen LogP contribution in [0, 0.1) is 0 Å². The molecule has 0 saturated heterocycles. The predicted molar refractivity (Wildman–Crippen MR) is 78.0 cm³/mol. The number of para-hydroxylation sites is 1. The molecule has 6 heteroatoms.